The van der Waals surface area contributed by atoms with Gasteiger partial charge in [-0.3, -0.25) is 5.01 Å². The number of hydrazine groups is 2. The molecular weight excluding hydrogens is 252 g/mol. The Morgan fingerprint density at radius 1 is 1.20 bits per heavy atom. The minimum absolute atomic E-state index is 0.653. The van der Waals surface area contributed by atoms with Crippen LogP contribution in [0.2, 0.25) is 0 Å². The van der Waals surface area contributed by atoms with Gasteiger partial charge in [-0.1, -0.05) is 18.2 Å². The Morgan fingerprint density at radius 2 is 1.95 bits per heavy atom. The molecule has 0 unspecified atom stereocenters. The maximum atomic E-state index is 6.03. The van der Waals surface area contributed by atoms with E-state index < -0.39 is 0 Å². The van der Waals surface area contributed by atoms with Crippen LogP contribution < -0.4 is 15.9 Å². The molecule has 20 heavy (non-hydrogen) atoms. The summed E-state index contributed by atoms with van der Waals surface area (Å²) in [4.78, 5) is 0. The normalized spacial score (nSPS) is 20.1. The summed E-state index contributed by atoms with van der Waals surface area (Å²) in [6.07, 6.45) is 4.37. The van der Waals surface area contributed by atoms with Gasteiger partial charge in [0, 0.05) is 7.05 Å². The number of benzene rings is 1. The minimum Gasteiger partial charge on any atom is -0.477 e. The van der Waals surface area contributed by atoms with Crippen LogP contribution in [0, 0.1) is 5.92 Å². The van der Waals surface area contributed by atoms with E-state index in [2.05, 4.69) is 23.0 Å². The summed E-state index contributed by atoms with van der Waals surface area (Å²) < 4.78 is 6.03. The molecule has 5 nitrogen and oxygen atoms in total. The van der Waals surface area contributed by atoms with Crippen molar-refractivity contribution in [2.24, 2.45) is 5.92 Å². The predicted molar refractivity (Wildman–Crippen MR) is 79.4 cm³/mol. The SMILES string of the molecule is CN1C=C(OCC2CCNCC2)N(c2ccccc2)N1. The van der Waals surface area contributed by atoms with E-state index >= 15 is 0 Å². The van der Waals surface area contributed by atoms with E-state index in [-0.39, 0.29) is 0 Å². The van der Waals surface area contributed by atoms with Crippen LogP contribution in [-0.4, -0.2) is 31.8 Å². The fourth-order valence-electron chi connectivity index (χ4n) is 2.57. The van der Waals surface area contributed by atoms with Crippen LogP contribution in [0.25, 0.3) is 0 Å². The van der Waals surface area contributed by atoms with Gasteiger partial charge in [0.1, 0.15) is 0 Å². The molecule has 2 heterocycles. The first-order valence-electron chi connectivity index (χ1n) is 7.22. The molecule has 2 aliphatic heterocycles. The number of piperidine rings is 1. The summed E-state index contributed by atoms with van der Waals surface area (Å²) in [5.74, 6) is 1.51. The summed E-state index contributed by atoms with van der Waals surface area (Å²) in [6.45, 7) is 2.99. The summed E-state index contributed by atoms with van der Waals surface area (Å²) in [6, 6.07) is 10.2. The Labute approximate surface area is 120 Å². The summed E-state index contributed by atoms with van der Waals surface area (Å²) >= 11 is 0. The Kier molecular flexibility index (Phi) is 4.08. The highest BCUT2D eigenvalue weighted by Gasteiger charge is 2.23. The van der Waals surface area contributed by atoms with E-state index in [1.165, 1.54) is 12.8 Å². The Hall–Kier alpha value is -1.72. The zero-order valence-electron chi connectivity index (χ0n) is 11.9. The molecule has 3 rings (SSSR count). The van der Waals surface area contributed by atoms with Crippen molar-refractivity contribution in [3.63, 3.8) is 0 Å². The van der Waals surface area contributed by atoms with E-state index in [1.54, 1.807) is 0 Å². The molecule has 2 aliphatic rings. The highest BCUT2D eigenvalue weighted by Crippen LogP contribution is 2.23. The van der Waals surface area contributed by atoms with E-state index in [4.69, 9.17) is 4.74 Å². The van der Waals surface area contributed by atoms with Gasteiger partial charge in [-0.2, -0.15) is 0 Å². The zero-order chi connectivity index (χ0) is 13.8. The molecule has 0 spiro atoms. The van der Waals surface area contributed by atoms with Crippen LogP contribution >= 0.6 is 0 Å². The number of para-hydroxylation sites is 1. The van der Waals surface area contributed by atoms with Gasteiger partial charge in [0.25, 0.3) is 0 Å². The summed E-state index contributed by atoms with van der Waals surface area (Å²) in [7, 11) is 1.97. The second kappa shape index (κ2) is 6.15. The zero-order valence-corrected chi connectivity index (χ0v) is 11.9. The molecule has 0 bridgehead atoms. The highest BCUT2D eigenvalue weighted by molar-refractivity contribution is 5.50. The fourth-order valence-corrected chi connectivity index (χ4v) is 2.57. The van der Waals surface area contributed by atoms with E-state index in [0.29, 0.717) is 5.92 Å². The number of anilines is 1. The molecule has 0 atom stereocenters. The first kappa shape index (κ1) is 13.3. The second-order valence-electron chi connectivity index (χ2n) is 5.35. The van der Waals surface area contributed by atoms with Crippen LogP contribution in [0.1, 0.15) is 12.8 Å². The number of hydrogen-bond acceptors (Lipinski definition) is 5. The van der Waals surface area contributed by atoms with Gasteiger partial charge < -0.3 is 10.1 Å². The summed E-state index contributed by atoms with van der Waals surface area (Å²) in [5.41, 5.74) is 4.32. The van der Waals surface area contributed by atoms with Crippen molar-refractivity contribution in [2.45, 2.75) is 12.8 Å². The molecule has 0 aliphatic carbocycles. The Balaban J connectivity index is 1.62. The van der Waals surface area contributed by atoms with Gasteiger partial charge >= 0.3 is 0 Å². The van der Waals surface area contributed by atoms with Gasteiger partial charge in [-0.15, -0.1) is 5.53 Å². The Bertz CT molecular complexity index is 456. The predicted octanol–water partition coefficient (Wildman–Crippen LogP) is 1.67. The van der Waals surface area contributed by atoms with E-state index in [9.17, 15) is 0 Å². The van der Waals surface area contributed by atoms with Gasteiger partial charge in [0.2, 0.25) is 5.88 Å². The van der Waals surface area contributed by atoms with Crippen LogP contribution in [0.4, 0.5) is 5.69 Å². The molecule has 0 amide bonds. The third-order valence-corrected chi connectivity index (χ3v) is 3.72. The van der Waals surface area contributed by atoms with Gasteiger partial charge in [-0.25, -0.2) is 5.01 Å². The Morgan fingerprint density at radius 3 is 2.70 bits per heavy atom. The average molecular weight is 274 g/mol. The topological polar surface area (TPSA) is 39.8 Å². The largest absolute Gasteiger partial charge is 0.477 e. The number of rotatable bonds is 4. The van der Waals surface area contributed by atoms with E-state index in [0.717, 1.165) is 31.3 Å². The first-order valence-corrected chi connectivity index (χ1v) is 7.22. The van der Waals surface area contributed by atoms with Gasteiger partial charge in [0.15, 0.2) is 0 Å². The molecule has 1 aromatic carbocycles. The number of ether oxygens (including phenoxy) is 1. The first-order chi connectivity index (χ1) is 9.83. The van der Waals surface area contributed by atoms with Crippen LogP contribution in [0.15, 0.2) is 42.4 Å². The van der Waals surface area contributed by atoms with Crippen LogP contribution in [0.3, 0.4) is 0 Å². The van der Waals surface area contributed by atoms with Crippen molar-refractivity contribution in [1.29, 1.82) is 0 Å². The van der Waals surface area contributed by atoms with Gasteiger partial charge in [-0.05, 0) is 44.0 Å². The van der Waals surface area contributed by atoms with Crippen LogP contribution in [-0.2, 0) is 4.74 Å². The standard InChI is InChI=1S/C15H22N4O/c1-18-11-15(20-12-13-7-9-16-10-8-13)19(17-18)14-5-3-2-4-6-14/h2-6,11,13,16-17H,7-10,12H2,1H3. The molecule has 0 saturated carbocycles. The van der Waals surface area contributed by atoms with Crippen LogP contribution in [0.5, 0.6) is 0 Å². The number of hydrogen-bond donors (Lipinski definition) is 2. The number of nitrogens with one attached hydrogen (secondary N) is 2. The molecule has 1 aromatic rings. The summed E-state index contributed by atoms with van der Waals surface area (Å²) in [5, 5.41) is 7.26. The van der Waals surface area contributed by atoms with Crippen molar-refractivity contribution in [2.75, 3.05) is 31.8 Å². The maximum absolute atomic E-state index is 6.03. The second-order valence-corrected chi connectivity index (χ2v) is 5.35. The lowest BCUT2D eigenvalue weighted by Gasteiger charge is -2.26. The maximum Gasteiger partial charge on any atom is 0.228 e. The molecule has 2 N–H and O–H groups in total. The lowest BCUT2D eigenvalue weighted by atomic mass is 9.99. The molecule has 5 heteroatoms. The molecule has 108 valence electrons. The highest BCUT2D eigenvalue weighted by atomic mass is 16.5. The lowest BCUT2D eigenvalue weighted by Crippen LogP contribution is -2.39. The van der Waals surface area contributed by atoms with E-state index in [1.807, 2.05) is 41.5 Å². The molecule has 1 fully saturated rings. The van der Waals surface area contributed by atoms with Crippen molar-refractivity contribution in [3.05, 3.63) is 42.4 Å². The number of nitrogens with zero attached hydrogens (tertiary/aromatic N) is 2. The van der Waals surface area contributed by atoms with Crippen molar-refractivity contribution >= 4 is 5.69 Å². The average Bonchev–Trinajstić information content (AvgIpc) is 2.88. The lowest BCUT2D eigenvalue weighted by molar-refractivity contribution is 0.141. The van der Waals surface area contributed by atoms with Gasteiger partial charge in [0.05, 0.1) is 18.5 Å². The third kappa shape index (κ3) is 3.05. The molecule has 1 saturated heterocycles. The van der Waals surface area contributed by atoms with Crippen molar-refractivity contribution < 1.29 is 4.74 Å². The third-order valence-electron chi connectivity index (χ3n) is 3.72. The smallest absolute Gasteiger partial charge is 0.228 e. The quantitative estimate of drug-likeness (QED) is 0.874. The molecule has 0 aromatic heterocycles. The monoisotopic (exact) mass is 274 g/mol. The van der Waals surface area contributed by atoms with Crippen molar-refractivity contribution in [1.82, 2.24) is 15.9 Å². The molecular formula is C15H22N4O. The van der Waals surface area contributed by atoms with Crippen molar-refractivity contribution in [3.8, 4) is 0 Å². The molecule has 0 radical (unpaired) electrons. The fraction of sp³-hybridized carbons (Fsp3) is 0.467. The minimum atomic E-state index is 0.653.